The van der Waals surface area contributed by atoms with E-state index in [9.17, 15) is 0 Å². The molecule has 2 aromatic rings. The highest BCUT2D eigenvalue weighted by molar-refractivity contribution is 7.12. The summed E-state index contributed by atoms with van der Waals surface area (Å²) in [6.07, 6.45) is 4.71. The molecule has 0 radical (unpaired) electrons. The third kappa shape index (κ3) is 3.45. The van der Waals surface area contributed by atoms with Gasteiger partial charge in [-0.15, -0.1) is 11.3 Å². The van der Waals surface area contributed by atoms with Gasteiger partial charge in [0.15, 0.2) is 0 Å². The van der Waals surface area contributed by atoms with Crippen molar-refractivity contribution in [3.8, 4) is 0 Å². The van der Waals surface area contributed by atoms with Gasteiger partial charge in [-0.05, 0) is 61.6 Å². The lowest BCUT2D eigenvalue weighted by Gasteiger charge is -2.17. The quantitative estimate of drug-likeness (QED) is 0.764. The summed E-state index contributed by atoms with van der Waals surface area (Å²) < 4.78 is 0. The van der Waals surface area contributed by atoms with Crippen molar-refractivity contribution in [2.75, 3.05) is 6.54 Å². The molecule has 1 aromatic carbocycles. The third-order valence-electron chi connectivity index (χ3n) is 4.00. The summed E-state index contributed by atoms with van der Waals surface area (Å²) in [4.78, 5) is 3.02. The van der Waals surface area contributed by atoms with Crippen molar-refractivity contribution in [1.29, 1.82) is 0 Å². The van der Waals surface area contributed by atoms with Crippen LogP contribution in [0.1, 0.15) is 40.3 Å². The highest BCUT2D eigenvalue weighted by Crippen LogP contribution is 2.35. The van der Waals surface area contributed by atoms with Crippen LogP contribution in [0.4, 0.5) is 0 Å². The molecule has 1 N–H and O–H groups in total. The second-order valence-corrected chi connectivity index (χ2v) is 7.51. The fraction of sp³-hybridized carbons (Fsp3) is 0.412. The molecule has 0 saturated heterocycles. The molecule has 0 saturated carbocycles. The number of likely N-dealkylation sites (N-methyl/N-ethyl adjacent to an activating group) is 1. The highest BCUT2D eigenvalue weighted by Gasteiger charge is 2.20. The molecule has 1 nitrogen and oxygen atoms in total. The van der Waals surface area contributed by atoms with Crippen LogP contribution in [0.5, 0.6) is 0 Å². The predicted molar refractivity (Wildman–Crippen MR) is 92.9 cm³/mol. The van der Waals surface area contributed by atoms with Gasteiger partial charge in [0.05, 0.1) is 0 Å². The Balaban J connectivity index is 1.83. The Morgan fingerprint density at radius 1 is 1.24 bits per heavy atom. The maximum absolute atomic E-state index is 6.33. The molecule has 1 aromatic heterocycles. The van der Waals surface area contributed by atoms with E-state index in [0.29, 0.717) is 11.1 Å². The molecule has 3 rings (SSSR count). The van der Waals surface area contributed by atoms with Crippen molar-refractivity contribution in [1.82, 2.24) is 5.32 Å². The van der Waals surface area contributed by atoms with Crippen LogP contribution in [0.15, 0.2) is 24.3 Å². The molecule has 1 heterocycles. The van der Waals surface area contributed by atoms with E-state index in [4.69, 9.17) is 23.2 Å². The first kappa shape index (κ1) is 15.4. The van der Waals surface area contributed by atoms with Crippen LogP contribution in [0.25, 0.3) is 0 Å². The smallest absolute Gasteiger partial charge is 0.0456 e. The van der Waals surface area contributed by atoms with E-state index in [2.05, 4.69) is 18.3 Å². The Kier molecular flexibility index (Phi) is 4.90. The van der Waals surface area contributed by atoms with Crippen molar-refractivity contribution in [3.05, 3.63) is 55.2 Å². The van der Waals surface area contributed by atoms with Gasteiger partial charge in [-0.3, -0.25) is 0 Å². The molecule has 1 aliphatic carbocycles. The average Bonchev–Trinajstić information content (AvgIpc) is 3.02. The summed E-state index contributed by atoms with van der Waals surface area (Å²) in [5, 5.41) is 5.05. The molecule has 0 bridgehead atoms. The van der Waals surface area contributed by atoms with E-state index >= 15 is 0 Å². The molecule has 1 atom stereocenters. The van der Waals surface area contributed by atoms with E-state index in [1.165, 1.54) is 24.1 Å². The van der Waals surface area contributed by atoms with Crippen LogP contribution < -0.4 is 5.32 Å². The monoisotopic (exact) mass is 339 g/mol. The Bertz CT molecular complexity index is 614. The fourth-order valence-corrected chi connectivity index (χ4v) is 4.77. The Labute approximate surface area is 140 Å². The van der Waals surface area contributed by atoms with Crippen LogP contribution >= 0.6 is 34.5 Å². The molecule has 0 amide bonds. The minimum atomic E-state index is 0.337. The maximum Gasteiger partial charge on any atom is 0.0456 e. The molecular formula is C17H19Cl2NS. The zero-order valence-corrected chi connectivity index (χ0v) is 14.4. The minimum Gasteiger partial charge on any atom is -0.309 e. The Morgan fingerprint density at radius 2 is 2.10 bits per heavy atom. The zero-order valence-electron chi connectivity index (χ0n) is 12.1. The van der Waals surface area contributed by atoms with Crippen LogP contribution in [-0.2, 0) is 19.3 Å². The summed E-state index contributed by atoms with van der Waals surface area (Å²) in [7, 11) is 0. The molecule has 0 aliphatic heterocycles. The van der Waals surface area contributed by atoms with Crippen LogP contribution in [0, 0.1) is 0 Å². The number of thiophene rings is 1. The van der Waals surface area contributed by atoms with E-state index in [1.807, 2.05) is 29.5 Å². The summed E-state index contributed by atoms with van der Waals surface area (Å²) in [6.45, 7) is 3.11. The van der Waals surface area contributed by atoms with Crippen molar-refractivity contribution < 1.29 is 0 Å². The summed E-state index contributed by atoms with van der Waals surface area (Å²) in [5.41, 5.74) is 2.71. The van der Waals surface area contributed by atoms with Gasteiger partial charge < -0.3 is 5.32 Å². The molecule has 4 heteroatoms. The third-order valence-corrected chi connectivity index (χ3v) is 5.94. The Hall–Kier alpha value is -0.540. The highest BCUT2D eigenvalue weighted by atomic mass is 35.5. The normalized spacial score (nSPS) is 15.2. The second kappa shape index (κ2) is 6.70. The summed E-state index contributed by atoms with van der Waals surface area (Å²) in [5.74, 6) is 0. The molecule has 0 fully saturated rings. The Morgan fingerprint density at radius 3 is 2.81 bits per heavy atom. The molecule has 0 spiro atoms. The molecule has 1 unspecified atom stereocenters. The molecule has 112 valence electrons. The number of halogens is 2. The molecule has 1 aliphatic rings. The van der Waals surface area contributed by atoms with Gasteiger partial charge in [0.1, 0.15) is 0 Å². The molecular weight excluding hydrogens is 321 g/mol. The van der Waals surface area contributed by atoms with Gasteiger partial charge >= 0.3 is 0 Å². The largest absolute Gasteiger partial charge is 0.309 e. The van der Waals surface area contributed by atoms with Crippen LogP contribution in [0.2, 0.25) is 10.0 Å². The predicted octanol–water partition coefficient (Wildman–Crippen LogP) is 5.44. The van der Waals surface area contributed by atoms with Gasteiger partial charge in [-0.1, -0.05) is 36.2 Å². The second-order valence-electron chi connectivity index (χ2n) is 5.50. The van der Waals surface area contributed by atoms with E-state index in [-0.39, 0.29) is 0 Å². The van der Waals surface area contributed by atoms with Crippen molar-refractivity contribution in [2.45, 2.75) is 38.6 Å². The summed E-state index contributed by atoms with van der Waals surface area (Å²) in [6, 6.07) is 8.51. The van der Waals surface area contributed by atoms with Gasteiger partial charge in [-0.25, -0.2) is 0 Å². The number of benzene rings is 1. The number of hydrogen-bond donors (Lipinski definition) is 1. The van der Waals surface area contributed by atoms with Crippen LogP contribution in [-0.4, -0.2) is 6.54 Å². The van der Waals surface area contributed by atoms with Crippen molar-refractivity contribution >= 4 is 34.5 Å². The van der Waals surface area contributed by atoms with Crippen LogP contribution in [0.3, 0.4) is 0 Å². The lowest BCUT2D eigenvalue weighted by atomic mass is 10.0. The first-order valence-electron chi connectivity index (χ1n) is 7.46. The van der Waals surface area contributed by atoms with E-state index < -0.39 is 0 Å². The number of rotatable bonds is 5. The first-order valence-corrected chi connectivity index (χ1v) is 9.03. The van der Waals surface area contributed by atoms with E-state index in [1.54, 1.807) is 10.4 Å². The number of hydrogen-bond acceptors (Lipinski definition) is 2. The standard InChI is InChI=1S/C17H19Cl2NS/c1-2-20-15(8-11-6-7-13(18)10-14(11)19)17-9-12-4-3-5-16(12)21-17/h6-7,9-10,15,20H,2-5,8H2,1H3. The zero-order chi connectivity index (χ0) is 14.8. The van der Waals surface area contributed by atoms with Gasteiger partial charge in [0.2, 0.25) is 0 Å². The number of fused-ring (bicyclic) bond motifs is 1. The topological polar surface area (TPSA) is 12.0 Å². The van der Waals surface area contributed by atoms with Crippen molar-refractivity contribution in [3.63, 3.8) is 0 Å². The number of aryl methyl sites for hydroxylation is 2. The first-order chi connectivity index (χ1) is 10.2. The SMILES string of the molecule is CCNC(Cc1ccc(Cl)cc1Cl)c1cc2c(s1)CCC2. The number of nitrogens with one attached hydrogen (secondary N) is 1. The molecule has 21 heavy (non-hydrogen) atoms. The minimum absolute atomic E-state index is 0.337. The van der Waals surface area contributed by atoms with Gasteiger partial charge in [0.25, 0.3) is 0 Å². The average molecular weight is 340 g/mol. The maximum atomic E-state index is 6.33. The lowest BCUT2D eigenvalue weighted by Crippen LogP contribution is -2.22. The van der Waals surface area contributed by atoms with Gasteiger partial charge in [0, 0.05) is 25.8 Å². The van der Waals surface area contributed by atoms with Crippen molar-refractivity contribution in [2.24, 2.45) is 0 Å². The van der Waals surface area contributed by atoms with Gasteiger partial charge in [-0.2, -0.15) is 0 Å². The summed E-state index contributed by atoms with van der Waals surface area (Å²) >= 11 is 14.3. The van der Waals surface area contributed by atoms with E-state index in [0.717, 1.165) is 23.6 Å². The fourth-order valence-electron chi connectivity index (χ4n) is 2.95. The lowest BCUT2D eigenvalue weighted by molar-refractivity contribution is 0.558.